The Morgan fingerprint density at radius 3 is 2.81 bits per heavy atom. The third kappa shape index (κ3) is 2.06. The minimum atomic E-state index is -0.374. The highest BCUT2D eigenvalue weighted by atomic mass is 32.1. The van der Waals surface area contributed by atoms with Gasteiger partial charge in [0.25, 0.3) is 0 Å². The highest BCUT2D eigenvalue weighted by Crippen LogP contribution is 2.16. The molecule has 0 aliphatic carbocycles. The summed E-state index contributed by atoms with van der Waals surface area (Å²) in [4.78, 5) is 1.18. The van der Waals surface area contributed by atoms with Crippen molar-refractivity contribution in [2.45, 2.75) is 19.1 Å². The molecule has 0 spiro atoms. The van der Waals surface area contributed by atoms with Crippen LogP contribution in [0.1, 0.15) is 23.6 Å². The van der Waals surface area contributed by atoms with Crippen LogP contribution in [-0.2, 0) is 0 Å². The molecule has 0 N–H and O–H groups in total. The quantitative estimate of drug-likeness (QED) is 0.815. The molecule has 84 valence electrons. The zero-order chi connectivity index (χ0) is 11.7. The van der Waals surface area contributed by atoms with Gasteiger partial charge in [0.15, 0.2) is 11.6 Å². The van der Waals surface area contributed by atoms with E-state index in [1.54, 1.807) is 12.1 Å². The molecule has 0 saturated carbocycles. The lowest BCUT2D eigenvalue weighted by Gasteiger charge is -2.01. The minimum absolute atomic E-state index is 0.123. The highest BCUT2D eigenvalue weighted by Gasteiger charge is 2.11. The first-order valence-electron chi connectivity index (χ1n) is 4.82. The molecule has 2 rings (SSSR count). The summed E-state index contributed by atoms with van der Waals surface area (Å²) in [6.07, 6.45) is 0. The van der Waals surface area contributed by atoms with E-state index in [2.05, 4.69) is 28.0 Å². The van der Waals surface area contributed by atoms with Gasteiger partial charge in [-0.3, -0.25) is 0 Å². The van der Waals surface area contributed by atoms with Crippen molar-refractivity contribution < 1.29 is 4.39 Å². The maximum atomic E-state index is 13.5. The summed E-state index contributed by atoms with van der Waals surface area (Å²) in [5.41, 5.74) is 1.24. The van der Waals surface area contributed by atoms with Gasteiger partial charge >= 0.3 is 0 Å². The molecule has 0 saturated heterocycles. The van der Waals surface area contributed by atoms with Crippen molar-refractivity contribution in [3.63, 3.8) is 0 Å². The zero-order valence-corrected chi connectivity index (χ0v) is 9.82. The van der Waals surface area contributed by atoms with Crippen molar-refractivity contribution in [3.8, 4) is 5.69 Å². The molecule has 0 fully saturated rings. The molecule has 0 radical (unpaired) electrons. The summed E-state index contributed by atoms with van der Waals surface area (Å²) in [6, 6.07) is 4.75. The van der Waals surface area contributed by atoms with Crippen LogP contribution in [0.5, 0.6) is 0 Å². The summed E-state index contributed by atoms with van der Waals surface area (Å²) in [6.45, 7) is 3.71. The molecule has 2 aromatic rings. The van der Waals surface area contributed by atoms with Crippen molar-refractivity contribution in [1.82, 2.24) is 20.2 Å². The molecule has 1 aromatic carbocycles. The van der Waals surface area contributed by atoms with Crippen LogP contribution in [0.2, 0.25) is 0 Å². The van der Waals surface area contributed by atoms with Gasteiger partial charge in [-0.2, -0.15) is 12.6 Å². The molecule has 0 bridgehead atoms. The molecule has 1 aromatic heterocycles. The Bertz CT molecular complexity index is 509. The van der Waals surface area contributed by atoms with Crippen LogP contribution in [0, 0.1) is 12.7 Å². The molecule has 1 heterocycles. The lowest BCUT2D eigenvalue weighted by atomic mass is 10.2. The number of aromatic nitrogens is 4. The van der Waals surface area contributed by atoms with Gasteiger partial charge in [-0.25, -0.2) is 4.39 Å². The van der Waals surface area contributed by atoms with E-state index in [9.17, 15) is 4.39 Å². The zero-order valence-electron chi connectivity index (χ0n) is 8.92. The third-order valence-corrected chi connectivity index (χ3v) is 2.35. The smallest absolute Gasteiger partial charge is 0.187 e. The maximum Gasteiger partial charge on any atom is 0.187 e. The number of rotatable bonds is 2. The summed E-state index contributed by atoms with van der Waals surface area (Å²) in [5, 5.41) is 11.5. The predicted molar refractivity (Wildman–Crippen MR) is 61.3 cm³/mol. The summed E-state index contributed by atoms with van der Waals surface area (Å²) >= 11 is 4.19. The Hall–Kier alpha value is -1.43. The Kier molecular flexibility index (Phi) is 2.91. The van der Waals surface area contributed by atoms with Crippen LogP contribution in [-0.4, -0.2) is 20.2 Å². The second kappa shape index (κ2) is 4.21. The molecular weight excluding hydrogens is 227 g/mol. The van der Waals surface area contributed by atoms with Gasteiger partial charge in [0, 0.05) is 0 Å². The Morgan fingerprint density at radius 1 is 1.44 bits per heavy atom. The molecule has 1 atom stereocenters. The Labute approximate surface area is 97.9 Å². The van der Waals surface area contributed by atoms with Crippen molar-refractivity contribution in [2.24, 2.45) is 0 Å². The van der Waals surface area contributed by atoms with Gasteiger partial charge in [0.2, 0.25) is 0 Å². The molecule has 0 aliphatic heterocycles. The molecule has 0 aliphatic rings. The van der Waals surface area contributed by atoms with E-state index in [0.717, 1.165) is 5.56 Å². The molecule has 0 amide bonds. The van der Waals surface area contributed by atoms with Crippen LogP contribution in [0.25, 0.3) is 5.69 Å². The van der Waals surface area contributed by atoms with Gasteiger partial charge in [-0.05, 0) is 36.8 Å². The molecular formula is C10H11FN4S. The number of hydrogen-bond donors (Lipinski definition) is 1. The number of nitrogens with zero attached hydrogens (tertiary/aromatic N) is 4. The highest BCUT2D eigenvalue weighted by molar-refractivity contribution is 7.80. The number of benzene rings is 1. The normalized spacial score (nSPS) is 12.8. The van der Waals surface area contributed by atoms with Gasteiger partial charge in [0.1, 0.15) is 5.69 Å². The van der Waals surface area contributed by atoms with Gasteiger partial charge < -0.3 is 0 Å². The first-order valence-corrected chi connectivity index (χ1v) is 5.34. The summed E-state index contributed by atoms with van der Waals surface area (Å²) in [7, 11) is 0. The molecule has 6 heteroatoms. The van der Waals surface area contributed by atoms with E-state index in [1.165, 1.54) is 10.9 Å². The Morgan fingerprint density at radius 2 is 2.19 bits per heavy atom. The number of hydrogen-bond acceptors (Lipinski definition) is 4. The van der Waals surface area contributed by atoms with Crippen LogP contribution in [0.15, 0.2) is 18.2 Å². The first-order chi connectivity index (χ1) is 7.58. The fourth-order valence-corrected chi connectivity index (χ4v) is 1.37. The topological polar surface area (TPSA) is 43.6 Å². The van der Waals surface area contributed by atoms with Crippen LogP contribution < -0.4 is 0 Å². The summed E-state index contributed by atoms with van der Waals surface area (Å²) < 4.78 is 13.5. The van der Waals surface area contributed by atoms with Crippen molar-refractivity contribution in [2.75, 3.05) is 0 Å². The number of thiol groups is 1. The van der Waals surface area contributed by atoms with E-state index in [0.29, 0.717) is 11.5 Å². The van der Waals surface area contributed by atoms with E-state index in [1.807, 2.05) is 13.8 Å². The van der Waals surface area contributed by atoms with Gasteiger partial charge in [-0.15, -0.1) is 15.0 Å². The van der Waals surface area contributed by atoms with E-state index in [4.69, 9.17) is 0 Å². The average Bonchev–Trinajstić information content (AvgIpc) is 2.70. The van der Waals surface area contributed by atoms with E-state index in [-0.39, 0.29) is 11.1 Å². The van der Waals surface area contributed by atoms with Crippen molar-refractivity contribution in [3.05, 3.63) is 35.4 Å². The fraction of sp³-hybridized carbons (Fsp3) is 0.300. The maximum absolute atomic E-state index is 13.5. The third-order valence-electron chi connectivity index (χ3n) is 2.12. The number of aryl methyl sites for hydroxylation is 1. The lowest BCUT2D eigenvalue weighted by Crippen LogP contribution is -2.03. The Balaban J connectivity index is 2.46. The lowest BCUT2D eigenvalue weighted by molar-refractivity contribution is 0.590. The van der Waals surface area contributed by atoms with Crippen LogP contribution >= 0.6 is 12.6 Å². The van der Waals surface area contributed by atoms with Gasteiger partial charge in [0.05, 0.1) is 5.25 Å². The predicted octanol–water partition coefficient (Wildman–Crippen LogP) is 2.10. The van der Waals surface area contributed by atoms with E-state index >= 15 is 0 Å². The number of tetrazole rings is 1. The van der Waals surface area contributed by atoms with Crippen LogP contribution in [0.3, 0.4) is 0 Å². The van der Waals surface area contributed by atoms with Crippen molar-refractivity contribution >= 4 is 12.6 Å². The average molecular weight is 238 g/mol. The number of halogens is 1. The van der Waals surface area contributed by atoms with Crippen LogP contribution in [0.4, 0.5) is 4.39 Å². The first kappa shape index (κ1) is 11.1. The molecule has 1 unspecified atom stereocenters. The SMILES string of the molecule is Cc1ccc(F)c(-n2nnc(C(C)S)n2)c1. The standard InChI is InChI=1S/C10H11FN4S/c1-6-3-4-8(11)9(5-6)15-13-10(7(2)16)12-14-15/h3-5,7,16H,1-2H3. The summed E-state index contributed by atoms with van der Waals surface area (Å²) in [5.74, 6) is 0.102. The fourth-order valence-electron chi connectivity index (χ4n) is 1.27. The minimum Gasteiger partial charge on any atom is -0.205 e. The second-order valence-corrected chi connectivity index (χ2v) is 4.34. The largest absolute Gasteiger partial charge is 0.205 e. The molecule has 16 heavy (non-hydrogen) atoms. The second-order valence-electron chi connectivity index (χ2n) is 3.57. The monoisotopic (exact) mass is 238 g/mol. The van der Waals surface area contributed by atoms with Crippen molar-refractivity contribution in [1.29, 1.82) is 0 Å². The molecule has 4 nitrogen and oxygen atoms in total. The van der Waals surface area contributed by atoms with E-state index < -0.39 is 0 Å². The van der Waals surface area contributed by atoms with Gasteiger partial charge in [-0.1, -0.05) is 6.07 Å².